The minimum atomic E-state index is -0.515. The fraction of sp³-hybridized carbons (Fsp3) is 0.292. The first-order valence-electron chi connectivity index (χ1n) is 10.5. The van der Waals surface area contributed by atoms with Crippen LogP contribution in [0.25, 0.3) is 0 Å². The molecule has 1 saturated heterocycles. The van der Waals surface area contributed by atoms with Gasteiger partial charge in [0.15, 0.2) is 11.4 Å². The molecule has 2 atom stereocenters. The molecule has 0 unspecified atom stereocenters. The number of hydrogen-bond donors (Lipinski definition) is 0. The molecule has 8 heteroatoms. The Morgan fingerprint density at radius 3 is 2.31 bits per heavy atom. The Morgan fingerprint density at radius 2 is 1.72 bits per heavy atom. The number of ether oxygens (including phenoxy) is 1. The Labute approximate surface area is 183 Å². The van der Waals surface area contributed by atoms with Crippen molar-refractivity contribution in [2.45, 2.75) is 30.8 Å². The summed E-state index contributed by atoms with van der Waals surface area (Å²) in [6.07, 6.45) is 2.63. The molecule has 0 saturated carbocycles. The lowest BCUT2D eigenvalue weighted by molar-refractivity contribution is 0.0564. The van der Waals surface area contributed by atoms with E-state index in [9.17, 15) is 18.4 Å². The molecule has 32 heavy (non-hydrogen) atoms. The summed E-state index contributed by atoms with van der Waals surface area (Å²) in [5, 5.41) is 4.33. The molecular formula is C24H21F2N3O3. The van der Waals surface area contributed by atoms with Gasteiger partial charge in [0.25, 0.3) is 5.91 Å². The molecule has 2 aliphatic heterocycles. The number of benzene rings is 2. The van der Waals surface area contributed by atoms with Crippen LogP contribution in [0.5, 0.6) is 5.75 Å². The number of methoxy groups -OCH3 is 1. The average Bonchev–Trinajstić information content (AvgIpc) is 3.26. The van der Waals surface area contributed by atoms with E-state index >= 15 is 0 Å². The molecule has 0 aliphatic carbocycles. The monoisotopic (exact) mass is 437 g/mol. The fourth-order valence-corrected chi connectivity index (χ4v) is 5.12. The maximum atomic E-state index is 14.3. The van der Waals surface area contributed by atoms with Crippen molar-refractivity contribution in [1.29, 1.82) is 0 Å². The summed E-state index contributed by atoms with van der Waals surface area (Å²) in [4.78, 5) is 27.4. The van der Waals surface area contributed by atoms with E-state index in [-0.39, 0.29) is 23.4 Å². The topological polar surface area (TPSA) is 64.4 Å². The van der Waals surface area contributed by atoms with Crippen molar-refractivity contribution < 1.29 is 18.3 Å². The molecule has 0 bridgehead atoms. The van der Waals surface area contributed by atoms with Crippen LogP contribution < -0.4 is 10.2 Å². The molecule has 3 heterocycles. The smallest absolute Gasteiger partial charge is 0.276 e. The Morgan fingerprint density at radius 1 is 1.06 bits per heavy atom. The summed E-state index contributed by atoms with van der Waals surface area (Å²) in [5.41, 5.74) is 0.844. The largest absolute Gasteiger partial charge is 0.491 e. The number of hydrogen-bond acceptors (Lipinski definition) is 4. The third-order valence-electron chi connectivity index (χ3n) is 6.37. The zero-order valence-corrected chi connectivity index (χ0v) is 17.4. The highest BCUT2D eigenvalue weighted by Gasteiger charge is 2.48. The molecule has 5 rings (SSSR count). The highest BCUT2D eigenvalue weighted by Crippen LogP contribution is 2.45. The molecule has 164 valence electrons. The second kappa shape index (κ2) is 7.85. The lowest BCUT2D eigenvalue weighted by atomic mass is 9.80. The van der Waals surface area contributed by atoms with Crippen molar-refractivity contribution in [3.05, 3.63) is 93.4 Å². The highest BCUT2D eigenvalue weighted by atomic mass is 19.1. The fourth-order valence-electron chi connectivity index (χ4n) is 5.12. The van der Waals surface area contributed by atoms with Crippen molar-refractivity contribution in [2.75, 3.05) is 13.7 Å². The Kier molecular flexibility index (Phi) is 5.00. The number of nitrogens with zero attached hydrogens (tertiary/aromatic N) is 3. The summed E-state index contributed by atoms with van der Waals surface area (Å²) in [5.74, 6) is -1.73. The third kappa shape index (κ3) is 3.18. The Balaban J connectivity index is 1.80. The standard InChI is InChI=1S/C24H21F2N3O3/c1-32-23-19(30)13-27-29-21(18-9-4-10-28(18)24(31)22(23)29)20(14-5-2-7-16(25)11-14)15-6-3-8-17(26)12-15/h2-3,5-8,11-13,18,20-21H,4,9-10H2,1H3/t18-,21-/m1/s1. The Bertz CT molecular complexity index is 1210. The van der Waals surface area contributed by atoms with Crippen molar-refractivity contribution in [2.24, 2.45) is 0 Å². The second-order valence-electron chi connectivity index (χ2n) is 8.12. The van der Waals surface area contributed by atoms with Crippen LogP contribution in [0.3, 0.4) is 0 Å². The lowest BCUT2D eigenvalue weighted by Gasteiger charge is -2.42. The molecule has 3 aromatic rings. The van der Waals surface area contributed by atoms with Gasteiger partial charge in [-0.3, -0.25) is 14.3 Å². The van der Waals surface area contributed by atoms with Crippen LogP contribution in [-0.2, 0) is 0 Å². The summed E-state index contributed by atoms with van der Waals surface area (Å²) < 4.78 is 35.4. The molecule has 2 aliphatic rings. The maximum Gasteiger partial charge on any atom is 0.276 e. The van der Waals surface area contributed by atoms with Gasteiger partial charge in [0.1, 0.15) is 11.6 Å². The number of carbonyl (C=O) groups excluding carboxylic acids is 1. The minimum absolute atomic E-state index is 0.0703. The van der Waals surface area contributed by atoms with E-state index < -0.39 is 29.0 Å². The zero-order valence-electron chi connectivity index (χ0n) is 17.4. The van der Waals surface area contributed by atoms with E-state index in [1.54, 1.807) is 29.2 Å². The highest BCUT2D eigenvalue weighted by molar-refractivity contribution is 5.96. The van der Waals surface area contributed by atoms with Crippen LogP contribution in [0.2, 0.25) is 0 Å². The molecule has 1 fully saturated rings. The average molecular weight is 437 g/mol. The van der Waals surface area contributed by atoms with Gasteiger partial charge in [-0.05, 0) is 48.2 Å². The van der Waals surface area contributed by atoms with E-state index in [1.165, 1.54) is 36.1 Å². The van der Waals surface area contributed by atoms with Crippen molar-refractivity contribution in [3.8, 4) is 5.75 Å². The van der Waals surface area contributed by atoms with Crippen LogP contribution in [-0.4, -0.2) is 40.3 Å². The Hall–Kier alpha value is -3.55. The SMILES string of the molecule is COc1c2n(ncc1=O)[C@@H](C(c1cccc(F)c1)c1cccc(F)c1)[C@H]1CCCN1C2=O. The first-order valence-corrected chi connectivity index (χ1v) is 10.5. The van der Waals surface area contributed by atoms with E-state index in [2.05, 4.69) is 5.10 Å². The van der Waals surface area contributed by atoms with Crippen LogP contribution >= 0.6 is 0 Å². The summed E-state index contributed by atoms with van der Waals surface area (Å²) in [6, 6.07) is 11.6. The maximum absolute atomic E-state index is 14.3. The number of rotatable bonds is 4. The van der Waals surface area contributed by atoms with Gasteiger partial charge in [-0.2, -0.15) is 5.10 Å². The van der Waals surface area contributed by atoms with E-state index in [1.807, 2.05) is 0 Å². The quantitative estimate of drug-likeness (QED) is 0.627. The third-order valence-corrected chi connectivity index (χ3v) is 6.37. The lowest BCUT2D eigenvalue weighted by Crippen LogP contribution is -2.51. The minimum Gasteiger partial charge on any atom is -0.491 e. The first kappa shape index (κ1) is 20.4. The van der Waals surface area contributed by atoms with Crippen molar-refractivity contribution in [1.82, 2.24) is 14.7 Å². The molecule has 6 nitrogen and oxygen atoms in total. The zero-order chi connectivity index (χ0) is 22.4. The molecule has 1 amide bonds. The van der Waals surface area contributed by atoms with Gasteiger partial charge in [0, 0.05) is 12.5 Å². The van der Waals surface area contributed by atoms with Crippen LogP contribution in [0.15, 0.2) is 59.5 Å². The van der Waals surface area contributed by atoms with Crippen LogP contribution in [0.1, 0.15) is 46.4 Å². The van der Waals surface area contributed by atoms with Gasteiger partial charge in [-0.15, -0.1) is 0 Å². The first-order chi connectivity index (χ1) is 15.5. The molecule has 0 radical (unpaired) electrons. The normalized spacial score (nSPS) is 19.8. The molecule has 1 aromatic heterocycles. The molecule has 0 spiro atoms. The second-order valence-corrected chi connectivity index (χ2v) is 8.12. The van der Waals surface area contributed by atoms with Crippen molar-refractivity contribution >= 4 is 5.91 Å². The van der Waals surface area contributed by atoms with Gasteiger partial charge in [0.05, 0.1) is 25.4 Å². The van der Waals surface area contributed by atoms with Crippen LogP contribution in [0, 0.1) is 11.6 Å². The van der Waals surface area contributed by atoms with Crippen LogP contribution in [0.4, 0.5) is 8.78 Å². The molecular weight excluding hydrogens is 416 g/mol. The number of amides is 1. The summed E-state index contributed by atoms with van der Waals surface area (Å²) >= 11 is 0. The van der Waals surface area contributed by atoms with E-state index in [4.69, 9.17) is 4.74 Å². The van der Waals surface area contributed by atoms with E-state index in [0.29, 0.717) is 24.1 Å². The molecule has 0 N–H and O–H groups in total. The number of carbonyl (C=O) groups is 1. The van der Waals surface area contributed by atoms with Gasteiger partial charge < -0.3 is 9.64 Å². The molecule has 2 aromatic carbocycles. The van der Waals surface area contributed by atoms with E-state index in [0.717, 1.165) is 12.6 Å². The number of aromatic nitrogens is 2. The summed E-state index contributed by atoms with van der Waals surface area (Å²) in [7, 11) is 1.34. The number of fused-ring (bicyclic) bond motifs is 2. The predicted molar refractivity (Wildman–Crippen MR) is 113 cm³/mol. The van der Waals surface area contributed by atoms with Gasteiger partial charge in [-0.25, -0.2) is 8.78 Å². The van der Waals surface area contributed by atoms with Gasteiger partial charge >= 0.3 is 0 Å². The predicted octanol–water partition coefficient (Wildman–Crippen LogP) is 3.52. The van der Waals surface area contributed by atoms with Gasteiger partial charge in [-0.1, -0.05) is 24.3 Å². The number of halogens is 2. The van der Waals surface area contributed by atoms with Gasteiger partial charge in [0.2, 0.25) is 5.43 Å². The summed E-state index contributed by atoms with van der Waals surface area (Å²) in [6.45, 7) is 0.533. The van der Waals surface area contributed by atoms with Crippen molar-refractivity contribution in [3.63, 3.8) is 0 Å².